The van der Waals surface area contributed by atoms with E-state index < -0.39 is 6.04 Å². The van der Waals surface area contributed by atoms with Gasteiger partial charge in [0.1, 0.15) is 16.9 Å². The van der Waals surface area contributed by atoms with Gasteiger partial charge in [0.2, 0.25) is 23.6 Å². The number of hydrogen-bond acceptors (Lipinski definition) is 10. The summed E-state index contributed by atoms with van der Waals surface area (Å²) >= 11 is 7.86. The number of carbonyl (C=O) groups is 2. The predicted octanol–water partition coefficient (Wildman–Crippen LogP) is 5.39. The average Bonchev–Trinajstić information content (AvgIpc) is 3.74. The van der Waals surface area contributed by atoms with Crippen molar-refractivity contribution in [3.05, 3.63) is 92.2 Å². The van der Waals surface area contributed by atoms with Crippen LogP contribution < -0.4 is 16.4 Å². The molecule has 0 aliphatic carbocycles. The maximum absolute atomic E-state index is 13.3. The van der Waals surface area contributed by atoms with Crippen LogP contribution in [0.3, 0.4) is 0 Å². The molecule has 5 aromatic rings. The van der Waals surface area contributed by atoms with Crippen molar-refractivity contribution < 1.29 is 14.0 Å². The number of halogens is 1. The van der Waals surface area contributed by atoms with Crippen LogP contribution in [0.15, 0.2) is 51.9 Å². The molecule has 14 heteroatoms. The lowest BCUT2D eigenvalue weighted by Gasteiger charge is -2.13. The van der Waals surface area contributed by atoms with Crippen molar-refractivity contribution in [1.82, 2.24) is 30.3 Å². The van der Waals surface area contributed by atoms with E-state index in [0.717, 1.165) is 33.2 Å². The van der Waals surface area contributed by atoms with Crippen molar-refractivity contribution in [2.75, 3.05) is 18.4 Å². The van der Waals surface area contributed by atoms with Crippen LogP contribution in [-0.4, -0.2) is 55.6 Å². The van der Waals surface area contributed by atoms with Gasteiger partial charge in [-0.05, 0) is 63.1 Å². The summed E-state index contributed by atoms with van der Waals surface area (Å²) in [4.78, 5) is 32.4. The molecule has 0 saturated carbocycles. The fourth-order valence-corrected chi connectivity index (χ4v) is 6.88. The fraction of sp³-hybridized carbons (Fsp3) is 0.286. The number of nitrogens with two attached hydrogens (primary N) is 1. The van der Waals surface area contributed by atoms with Gasteiger partial charge in [-0.2, -0.15) is 0 Å². The zero-order valence-corrected chi connectivity index (χ0v) is 29.0. The number of carbonyl (C=O) groups excluding carboxylic acids is 2. The Labute approximate surface area is 292 Å². The number of anilines is 1. The Morgan fingerprint density at radius 3 is 2.57 bits per heavy atom. The van der Waals surface area contributed by atoms with E-state index in [1.54, 1.807) is 36.5 Å². The molecule has 2 amide bonds. The largest absolute Gasteiger partial charge is 0.421 e. The van der Waals surface area contributed by atoms with Gasteiger partial charge in [-0.25, -0.2) is 0 Å². The highest BCUT2D eigenvalue weighted by molar-refractivity contribution is 7.15. The lowest BCUT2D eigenvalue weighted by atomic mass is 9.99. The van der Waals surface area contributed by atoms with Gasteiger partial charge in [-0.15, -0.1) is 31.7 Å². The molecule has 0 unspecified atom stereocenters. The lowest BCUT2D eigenvalue weighted by molar-refractivity contribution is -0.122. The Bertz CT molecular complexity index is 2140. The van der Waals surface area contributed by atoms with E-state index in [-0.39, 0.29) is 31.2 Å². The Morgan fingerprint density at radius 1 is 1.04 bits per heavy atom. The van der Waals surface area contributed by atoms with Crippen LogP contribution in [0, 0.1) is 39.5 Å². The van der Waals surface area contributed by atoms with Gasteiger partial charge in [0.15, 0.2) is 5.82 Å². The molecule has 0 bridgehead atoms. The molecule has 0 radical (unpaired) electrons. The smallest absolute Gasteiger partial charge is 0.248 e. The molecule has 1 atom stereocenters. The molecular weight excluding hydrogens is 662 g/mol. The lowest BCUT2D eigenvalue weighted by Crippen LogP contribution is -2.27. The van der Waals surface area contributed by atoms with Crippen molar-refractivity contribution in [2.45, 2.75) is 53.0 Å². The predicted molar refractivity (Wildman–Crippen MR) is 189 cm³/mol. The second kappa shape index (κ2) is 14.5. The Kier molecular flexibility index (Phi) is 10.0. The number of fused-ring (bicyclic) bond motifs is 3. The molecule has 12 nitrogen and oxygen atoms in total. The molecule has 3 aromatic heterocycles. The third-order valence-electron chi connectivity index (χ3n) is 8.02. The molecule has 250 valence electrons. The zero-order chi connectivity index (χ0) is 34.7. The van der Waals surface area contributed by atoms with Crippen molar-refractivity contribution in [1.29, 1.82) is 0 Å². The van der Waals surface area contributed by atoms with Crippen LogP contribution in [0.5, 0.6) is 0 Å². The Morgan fingerprint density at radius 2 is 1.84 bits per heavy atom. The van der Waals surface area contributed by atoms with Crippen LogP contribution in [-0.2, 0) is 9.59 Å². The van der Waals surface area contributed by atoms with Gasteiger partial charge in [0.05, 0.1) is 24.2 Å². The van der Waals surface area contributed by atoms with Gasteiger partial charge >= 0.3 is 0 Å². The number of nitrogens with zero attached hydrogens (tertiary/aromatic N) is 6. The van der Waals surface area contributed by atoms with Crippen molar-refractivity contribution in [3.63, 3.8) is 0 Å². The minimum absolute atomic E-state index is 0.0624. The molecule has 1 aliphatic rings. The summed E-state index contributed by atoms with van der Waals surface area (Å²) in [5.41, 5.74) is 11.2. The van der Waals surface area contributed by atoms with E-state index in [1.165, 1.54) is 4.88 Å². The van der Waals surface area contributed by atoms with E-state index in [0.29, 0.717) is 52.4 Å². The molecule has 0 fully saturated rings. The van der Waals surface area contributed by atoms with Gasteiger partial charge in [0, 0.05) is 52.2 Å². The van der Waals surface area contributed by atoms with Gasteiger partial charge in [0.25, 0.3) is 0 Å². The molecule has 0 spiro atoms. The number of nitrogens with one attached hydrogen (secondary N) is 2. The van der Waals surface area contributed by atoms with Crippen LogP contribution >= 0.6 is 22.9 Å². The summed E-state index contributed by atoms with van der Waals surface area (Å²) in [7, 11) is 0. The summed E-state index contributed by atoms with van der Waals surface area (Å²) in [6.07, 6.45) is 0.696. The highest BCUT2D eigenvalue weighted by atomic mass is 35.5. The molecular formula is C35H34ClN9O3S. The maximum atomic E-state index is 13.3. The zero-order valence-electron chi connectivity index (χ0n) is 27.4. The highest BCUT2D eigenvalue weighted by Crippen LogP contribution is 2.39. The summed E-state index contributed by atoms with van der Waals surface area (Å²) in [6, 6.07) is 12.2. The first-order chi connectivity index (χ1) is 23.6. The summed E-state index contributed by atoms with van der Waals surface area (Å²) in [5.74, 6) is 7.52. The molecule has 2 aromatic carbocycles. The Hall–Kier alpha value is -5.16. The Balaban J connectivity index is 1.11. The monoisotopic (exact) mass is 695 g/mol. The third kappa shape index (κ3) is 7.31. The first-order valence-corrected chi connectivity index (χ1v) is 16.9. The van der Waals surface area contributed by atoms with Crippen molar-refractivity contribution in [2.24, 2.45) is 10.7 Å². The maximum Gasteiger partial charge on any atom is 0.248 e. The number of aryl methyl sites for hydroxylation is 3. The van der Waals surface area contributed by atoms with Crippen LogP contribution in [0.25, 0.3) is 16.5 Å². The molecule has 6 rings (SSSR count). The molecule has 4 heterocycles. The molecule has 1 aliphatic heterocycles. The van der Waals surface area contributed by atoms with Crippen molar-refractivity contribution in [3.8, 4) is 28.3 Å². The van der Waals surface area contributed by atoms with E-state index in [9.17, 15) is 9.59 Å². The first kappa shape index (κ1) is 33.7. The number of hydrogen-bond donors (Lipinski definition) is 3. The van der Waals surface area contributed by atoms with Gasteiger partial charge in [-0.1, -0.05) is 35.6 Å². The van der Waals surface area contributed by atoms with Crippen molar-refractivity contribution >= 4 is 46.2 Å². The van der Waals surface area contributed by atoms with E-state index in [1.807, 2.05) is 35.8 Å². The molecule has 49 heavy (non-hydrogen) atoms. The standard InChI is InChI=1S/C35H34ClN9O3S/c1-19-20(2)49-35-31(19)32(23-9-11-25(36)12-10-23)40-28(33-43-41-21(3)45(33)35)18-30(47)38-16-6-8-29(46)39-26-13-14-27(24(17-26)7-5-15-37)34-44-42-22(4)48-34/h9-14,17,28H,6,8,15-16,18,37H2,1-4H3,(H,38,47)(H,39,46)/t28-/m0/s1. The number of amides is 2. The normalized spacial score (nSPS) is 13.4. The van der Waals surface area contributed by atoms with E-state index in [2.05, 4.69) is 56.7 Å². The van der Waals surface area contributed by atoms with E-state index in [4.69, 9.17) is 26.7 Å². The first-order valence-electron chi connectivity index (χ1n) is 15.7. The SMILES string of the molecule is Cc1nnc(-c2ccc(NC(=O)CCCNC(=O)C[C@@H]3N=C(c4ccc(Cl)cc4)c4c(sc(C)c4C)-n4c(C)nnc43)cc2C#CCN)o1. The second-order valence-electron chi connectivity index (χ2n) is 11.5. The second-order valence-corrected chi connectivity index (χ2v) is 13.1. The molecule has 4 N–H and O–H groups in total. The van der Waals surface area contributed by atoms with Gasteiger partial charge < -0.3 is 20.8 Å². The number of benzene rings is 2. The van der Waals surface area contributed by atoms with Crippen LogP contribution in [0.4, 0.5) is 5.69 Å². The molecule has 0 saturated heterocycles. The number of aliphatic imine (C=N–C) groups is 1. The minimum Gasteiger partial charge on any atom is -0.421 e. The average molecular weight is 696 g/mol. The van der Waals surface area contributed by atoms with E-state index >= 15 is 0 Å². The third-order valence-corrected chi connectivity index (χ3v) is 9.47. The number of aromatic nitrogens is 5. The highest BCUT2D eigenvalue weighted by Gasteiger charge is 2.32. The summed E-state index contributed by atoms with van der Waals surface area (Å²) in [5, 5.41) is 24.2. The quantitative estimate of drug-likeness (QED) is 0.136. The van der Waals surface area contributed by atoms with Gasteiger partial charge in [-0.3, -0.25) is 19.1 Å². The summed E-state index contributed by atoms with van der Waals surface area (Å²) < 4.78 is 7.57. The fourth-order valence-electron chi connectivity index (χ4n) is 5.54. The number of thiophene rings is 1. The minimum atomic E-state index is -0.579. The number of rotatable bonds is 9. The van der Waals surface area contributed by atoms with Crippen LogP contribution in [0.2, 0.25) is 5.02 Å². The van der Waals surface area contributed by atoms with Crippen LogP contribution in [0.1, 0.15) is 70.0 Å². The summed E-state index contributed by atoms with van der Waals surface area (Å²) in [6.45, 7) is 8.26. The topological polar surface area (TPSA) is 166 Å².